The summed E-state index contributed by atoms with van der Waals surface area (Å²) in [7, 11) is 1.64. The number of rotatable bonds is 9. The maximum Gasteiger partial charge on any atom is 0.210 e. The number of amides is 1. The van der Waals surface area contributed by atoms with Crippen molar-refractivity contribution in [3.8, 4) is 5.75 Å². The fraction of sp³-hybridized carbons (Fsp3) is 0.316. The summed E-state index contributed by atoms with van der Waals surface area (Å²) in [5, 5.41) is 0. The van der Waals surface area contributed by atoms with Crippen LogP contribution in [0.25, 0.3) is 0 Å². The maximum atomic E-state index is 11.3. The summed E-state index contributed by atoms with van der Waals surface area (Å²) in [4.78, 5) is 13.0. The van der Waals surface area contributed by atoms with E-state index >= 15 is 0 Å². The highest BCUT2D eigenvalue weighted by Gasteiger charge is 2.09. The highest BCUT2D eigenvalue weighted by molar-refractivity contribution is 5.47. The molecule has 0 spiro atoms. The van der Waals surface area contributed by atoms with Gasteiger partial charge in [-0.3, -0.25) is 4.79 Å². The molecule has 0 radical (unpaired) electrons. The van der Waals surface area contributed by atoms with Crippen molar-refractivity contribution < 1.29 is 9.53 Å². The number of hydrogen-bond donors (Lipinski definition) is 1. The smallest absolute Gasteiger partial charge is 0.210 e. The van der Waals surface area contributed by atoms with Crippen molar-refractivity contribution in [2.75, 3.05) is 13.7 Å². The summed E-state index contributed by atoms with van der Waals surface area (Å²) in [6.45, 7) is 1.22. The van der Waals surface area contributed by atoms with E-state index in [0.717, 1.165) is 30.6 Å². The Balaban J connectivity index is 1.83. The van der Waals surface area contributed by atoms with Gasteiger partial charge >= 0.3 is 0 Å². The molecule has 0 saturated carbocycles. The van der Waals surface area contributed by atoms with Crippen LogP contribution in [0.4, 0.5) is 0 Å². The van der Waals surface area contributed by atoms with Crippen molar-refractivity contribution >= 4 is 6.41 Å². The van der Waals surface area contributed by atoms with Gasteiger partial charge in [0.2, 0.25) is 6.41 Å². The van der Waals surface area contributed by atoms with Crippen LogP contribution in [0.5, 0.6) is 5.75 Å². The van der Waals surface area contributed by atoms with Crippen molar-refractivity contribution in [1.82, 2.24) is 4.90 Å². The van der Waals surface area contributed by atoms with E-state index < -0.39 is 0 Å². The largest absolute Gasteiger partial charge is 0.497 e. The first-order chi connectivity index (χ1) is 11.2. The van der Waals surface area contributed by atoms with Crippen LogP contribution < -0.4 is 10.5 Å². The Morgan fingerprint density at radius 1 is 1.13 bits per heavy atom. The third-order valence-corrected chi connectivity index (χ3v) is 3.80. The zero-order valence-corrected chi connectivity index (χ0v) is 13.5. The van der Waals surface area contributed by atoms with E-state index in [1.54, 1.807) is 12.0 Å². The molecular weight excluding hydrogens is 288 g/mol. The summed E-state index contributed by atoms with van der Waals surface area (Å²) in [5.74, 6) is 0.800. The fourth-order valence-corrected chi connectivity index (χ4v) is 2.52. The first-order valence-corrected chi connectivity index (χ1v) is 7.83. The van der Waals surface area contributed by atoms with Crippen LogP contribution in [0.15, 0.2) is 54.6 Å². The number of carbonyl (C=O) groups is 1. The maximum absolute atomic E-state index is 11.3. The van der Waals surface area contributed by atoms with Gasteiger partial charge in [0.1, 0.15) is 5.75 Å². The second-order valence-electron chi connectivity index (χ2n) is 5.67. The Bertz CT molecular complexity index is 601. The van der Waals surface area contributed by atoms with Gasteiger partial charge in [-0.1, -0.05) is 42.5 Å². The molecule has 2 N–H and O–H groups in total. The number of benzene rings is 2. The van der Waals surface area contributed by atoms with Gasteiger partial charge in [0.25, 0.3) is 0 Å². The molecule has 4 heteroatoms. The van der Waals surface area contributed by atoms with Crippen molar-refractivity contribution in [3.05, 3.63) is 65.7 Å². The van der Waals surface area contributed by atoms with E-state index in [-0.39, 0.29) is 6.04 Å². The predicted molar refractivity (Wildman–Crippen MR) is 92.2 cm³/mol. The van der Waals surface area contributed by atoms with E-state index in [9.17, 15) is 4.79 Å². The number of carbonyl (C=O) groups excluding carboxylic acids is 1. The molecule has 0 heterocycles. The molecule has 0 bridgehead atoms. The lowest BCUT2D eigenvalue weighted by Gasteiger charge is -2.20. The molecule has 4 nitrogen and oxygen atoms in total. The molecule has 0 fully saturated rings. The number of nitrogens with two attached hydrogens (primary N) is 1. The normalized spacial score (nSPS) is 11.7. The van der Waals surface area contributed by atoms with Gasteiger partial charge in [-0.2, -0.15) is 0 Å². The second kappa shape index (κ2) is 8.96. The average Bonchev–Trinajstić information content (AvgIpc) is 2.59. The van der Waals surface area contributed by atoms with Gasteiger partial charge in [-0.05, 0) is 36.1 Å². The zero-order valence-electron chi connectivity index (χ0n) is 13.5. The Morgan fingerprint density at radius 2 is 1.87 bits per heavy atom. The number of ether oxygens (including phenoxy) is 1. The summed E-state index contributed by atoms with van der Waals surface area (Å²) >= 11 is 0. The highest BCUT2D eigenvalue weighted by atomic mass is 16.5. The van der Waals surface area contributed by atoms with Crippen LogP contribution >= 0.6 is 0 Å². The number of nitrogens with zero attached hydrogens (tertiary/aromatic N) is 1. The van der Waals surface area contributed by atoms with Crippen LogP contribution in [0.2, 0.25) is 0 Å². The molecule has 1 atom stereocenters. The van der Waals surface area contributed by atoms with Crippen LogP contribution in [0.1, 0.15) is 17.5 Å². The van der Waals surface area contributed by atoms with Crippen LogP contribution in [0, 0.1) is 0 Å². The van der Waals surface area contributed by atoms with Crippen LogP contribution in [-0.4, -0.2) is 31.0 Å². The molecular formula is C19H24N2O2. The van der Waals surface area contributed by atoms with E-state index in [0.29, 0.717) is 13.1 Å². The van der Waals surface area contributed by atoms with E-state index in [1.807, 2.05) is 42.5 Å². The first kappa shape index (κ1) is 17.0. The summed E-state index contributed by atoms with van der Waals surface area (Å²) in [5.41, 5.74) is 8.46. The molecule has 0 aromatic heterocycles. The topological polar surface area (TPSA) is 55.6 Å². The first-order valence-electron chi connectivity index (χ1n) is 7.83. The van der Waals surface area contributed by atoms with E-state index in [4.69, 9.17) is 10.5 Å². The summed E-state index contributed by atoms with van der Waals surface area (Å²) in [6, 6.07) is 18.0. The summed E-state index contributed by atoms with van der Waals surface area (Å²) < 4.78 is 5.21. The Labute approximate surface area is 137 Å². The van der Waals surface area contributed by atoms with E-state index in [2.05, 4.69) is 12.1 Å². The molecule has 0 aliphatic heterocycles. The minimum atomic E-state index is 0.0464. The lowest BCUT2D eigenvalue weighted by molar-refractivity contribution is -0.118. The quantitative estimate of drug-likeness (QED) is 0.724. The van der Waals surface area contributed by atoms with Gasteiger partial charge in [0, 0.05) is 19.1 Å². The third-order valence-electron chi connectivity index (χ3n) is 3.80. The Kier molecular flexibility index (Phi) is 6.63. The zero-order chi connectivity index (χ0) is 16.5. The molecule has 0 aliphatic rings. The molecule has 0 unspecified atom stereocenters. The SMILES string of the molecule is COc1cccc(CN(C=O)CC[C@@H](N)Cc2ccccc2)c1. The Morgan fingerprint density at radius 3 is 2.57 bits per heavy atom. The van der Waals surface area contributed by atoms with Crippen molar-refractivity contribution in [3.63, 3.8) is 0 Å². The van der Waals surface area contributed by atoms with Gasteiger partial charge in [-0.25, -0.2) is 0 Å². The van der Waals surface area contributed by atoms with Crippen LogP contribution in [-0.2, 0) is 17.8 Å². The second-order valence-corrected chi connectivity index (χ2v) is 5.67. The highest BCUT2D eigenvalue weighted by Crippen LogP contribution is 2.14. The fourth-order valence-electron chi connectivity index (χ4n) is 2.52. The van der Waals surface area contributed by atoms with E-state index in [1.165, 1.54) is 5.56 Å². The number of methoxy groups -OCH3 is 1. The lowest BCUT2D eigenvalue weighted by Crippen LogP contribution is -2.30. The van der Waals surface area contributed by atoms with Crippen molar-refractivity contribution in [1.29, 1.82) is 0 Å². The van der Waals surface area contributed by atoms with Gasteiger partial charge in [-0.15, -0.1) is 0 Å². The molecule has 2 aromatic rings. The third kappa shape index (κ3) is 5.75. The van der Waals surface area contributed by atoms with Gasteiger partial charge in [0.05, 0.1) is 7.11 Å². The molecule has 2 rings (SSSR count). The standard InChI is InChI=1S/C19H24N2O2/c1-23-19-9-5-8-17(13-19)14-21(15-22)11-10-18(20)12-16-6-3-2-4-7-16/h2-9,13,15,18H,10-12,14,20H2,1H3/t18-/m1/s1. The van der Waals surface area contributed by atoms with Crippen molar-refractivity contribution in [2.45, 2.75) is 25.4 Å². The molecule has 0 aliphatic carbocycles. The van der Waals surface area contributed by atoms with Gasteiger partial charge in [0.15, 0.2) is 0 Å². The minimum absolute atomic E-state index is 0.0464. The molecule has 0 saturated heterocycles. The number of hydrogen-bond acceptors (Lipinski definition) is 3. The lowest BCUT2D eigenvalue weighted by atomic mass is 10.0. The van der Waals surface area contributed by atoms with Crippen molar-refractivity contribution in [2.24, 2.45) is 5.73 Å². The summed E-state index contributed by atoms with van der Waals surface area (Å²) in [6.07, 6.45) is 2.49. The average molecular weight is 312 g/mol. The molecule has 122 valence electrons. The molecule has 2 aromatic carbocycles. The van der Waals surface area contributed by atoms with Crippen LogP contribution in [0.3, 0.4) is 0 Å². The van der Waals surface area contributed by atoms with Gasteiger partial charge < -0.3 is 15.4 Å². The minimum Gasteiger partial charge on any atom is -0.497 e. The molecule has 1 amide bonds. The Hall–Kier alpha value is -2.33. The monoisotopic (exact) mass is 312 g/mol. The molecule has 23 heavy (non-hydrogen) atoms. The predicted octanol–water partition coefficient (Wildman–Crippen LogP) is 2.61.